The van der Waals surface area contributed by atoms with Gasteiger partial charge in [0.2, 0.25) is 0 Å². The molecule has 1 aliphatic heterocycles. The fourth-order valence-corrected chi connectivity index (χ4v) is 5.51. The fourth-order valence-electron chi connectivity index (χ4n) is 5.51. The van der Waals surface area contributed by atoms with Gasteiger partial charge in [-0.3, -0.25) is 4.79 Å². The molecule has 6 nitrogen and oxygen atoms in total. The third-order valence-corrected chi connectivity index (χ3v) is 7.42. The summed E-state index contributed by atoms with van der Waals surface area (Å²) in [6, 6.07) is 29.4. The first-order valence-corrected chi connectivity index (χ1v) is 13.7. The topological polar surface area (TPSA) is 70.4 Å². The molecule has 1 amide bonds. The molecule has 4 aromatic rings. The number of nitrogens with zero attached hydrogens (tertiary/aromatic N) is 3. The first-order valence-electron chi connectivity index (χ1n) is 13.7. The normalized spacial score (nSPS) is 18.2. The van der Waals surface area contributed by atoms with Crippen molar-refractivity contribution in [2.24, 2.45) is 5.41 Å². The van der Waals surface area contributed by atoms with Gasteiger partial charge in [0.1, 0.15) is 5.82 Å². The van der Waals surface area contributed by atoms with Crippen molar-refractivity contribution in [2.45, 2.75) is 45.4 Å². The van der Waals surface area contributed by atoms with Gasteiger partial charge in [0.15, 0.2) is 0 Å². The van der Waals surface area contributed by atoms with Crippen LogP contribution in [0.5, 0.6) is 0 Å². The number of imidazole rings is 1. The molecule has 5 rings (SSSR count). The molecule has 0 saturated carbocycles. The molecule has 2 N–H and O–H groups in total. The van der Waals surface area contributed by atoms with E-state index in [1.165, 1.54) is 0 Å². The molecule has 1 fully saturated rings. The second-order valence-electron chi connectivity index (χ2n) is 11.7. The summed E-state index contributed by atoms with van der Waals surface area (Å²) >= 11 is 0. The largest absolute Gasteiger partial charge is 0.387 e. The van der Waals surface area contributed by atoms with Gasteiger partial charge in [0.25, 0.3) is 5.91 Å². The Kier molecular flexibility index (Phi) is 7.69. The quantitative estimate of drug-likeness (QED) is 0.318. The van der Waals surface area contributed by atoms with Crippen LogP contribution in [0.15, 0.2) is 97.2 Å². The zero-order valence-electron chi connectivity index (χ0n) is 23.0. The number of carbonyl (C=O) groups is 1. The smallest absolute Gasteiger partial charge is 0.254 e. The molecule has 0 spiro atoms. The van der Waals surface area contributed by atoms with Gasteiger partial charge in [-0.25, -0.2) is 4.98 Å². The van der Waals surface area contributed by atoms with Gasteiger partial charge < -0.3 is 19.9 Å². The molecule has 1 aliphatic rings. The minimum absolute atomic E-state index is 0.105. The summed E-state index contributed by atoms with van der Waals surface area (Å²) in [4.78, 5) is 21.3. The number of benzene rings is 3. The lowest BCUT2D eigenvalue weighted by Crippen LogP contribution is -2.51. The highest BCUT2D eigenvalue weighted by molar-refractivity contribution is 5.94. The monoisotopic (exact) mass is 522 g/mol. The maximum atomic E-state index is 14.2. The number of rotatable bonds is 8. The van der Waals surface area contributed by atoms with E-state index >= 15 is 0 Å². The Morgan fingerprint density at radius 2 is 1.62 bits per heavy atom. The third-order valence-electron chi connectivity index (χ3n) is 7.42. The number of amides is 1. The summed E-state index contributed by atoms with van der Waals surface area (Å²) in [5.41, 5.74) is 2.27. The molecule has 0 bridgehead atoms. The Hall–Kier alpha value is -3.74. The molecule has 39 heavy (non-hydrogen) atoms. The molecule has 1 saturated heterocycles. The van der Waals surface area contributed by atoms with Crippen LogP contribution in [0.4, 0.5) is 0 Å². The molecule has 2 atom stereocenters. The highest BCUT2D eigenvalue weighted by Gasteiger charge is 2.43. The minimum Gasteiger partial charge on any atom is -0.387 e. The average Bonchev–Trinajstić information content (AvgIpc) is 3.55. The van der Waals surface area contributed by atoms with Crippen LogP contribution in [-0.2, 0) is 6.54 Å². The average molecular weight is 523 g/mol. The lowest BCUT2D eigenvalue weighted by atomic mass is 9.83. The second-order valence-corrected chi connectivity index (χ2v) is 11.7. The molecule has 0 unspecified atom stereocenters. The minimum atomic E-state index is -1.01. The molecule has 0 radical (unpaired) electrons. The van der Waals surface area contributed by atoms with Crippen LogP contribution >= 0.6 is 0 Å². The van der Waals surface area contributed by atoms with E-state index in [0.29, 0.717) is 25.1 Å². The molecular formula is C33H38N4O2. The standard InChI is InChI=1S/C33H38N4O2/c1-32(2,3)29(37(24-33(39)19-20-34-23-33)31(38)27-17-11-6-12-18-27)30-35-28(26-15-9-5-10-16-26)22-36(30)21-25-13-7-4-8-14-25/h4-18,22,29,34,39H,19-21,23-24H2,1-3H3/t29-,33-/m0/s1. The predicted molar refractivity (Wildman–Crippen MR) is 155 cm³/mol. The Morgan fingerprint density at radius 3 is 2.21 bits per heavy atom. The van der Waals surface area contributed by atoms with Gasteiger partial charge >= 0.3 is 0 Å². The number of hydrogen-bond acceptors (Lipinski definition) is 4. The maximum Gasteiger partial charge on any atom is 0.254 e. The van der Waals surface area contributed by atoms with Gasteiger partial charge in [-0.1, -0.05) is 99.6 Å². The van der Waals surface area contributed by atoms with Crippen molar-refractivity contribution >= 4 is 5.91 Å². The van der Waals surface area contributed by atoms with Crippen molar-refractivity contribution in [3.05, 3.63) is 114 Å². The van der Waals surface area contributed by atoms with E-state index in [0.717, 1.165) is 29.2 Å². The van der Waals surface area contributed by atoms with Gasteiger partial charge in [0, 0.05) is 30.4 Å². The second kappa shape index (κ2) is 11.2. The van der Waals surface area contributed by atoms with Gasteiger partial charge in [0.05, 0.1) is 23.9 Å². The van der Waals surface area contributed by atoms with E-state index in [4.69, 9.17) is 4.98 Å². The van der Waals surface area contributed by atoms with Crippen LogP contribution < -0.4 is 5.32 Å². The van der Waals surface area contributed by atoms with Crippen molar-refractivity contribution in [3.63, 3.8) is 0 Å². The summed E-state index contributed by atoms with van der Waals surface area (Å²) in [6.45, 7) is 8.45. The predicted octanol–water partition coefficient (Wildman–Crippen LogP) is 5.55. The molecule has 2 heterocycles. The Balaban J connectivity index is 1.66. The fraction of sp³-hybridized carbons (Fsp3) is 0.333. The SMILES string of the molecule is CC(C)(C)[C@H](c1nc(-c2ccccc2)cn1Cc1ccccc1)N(C[C@]1(O)CCNC1)C(=O)c1ccccc1. The first kappa shape index (κ1) is 26.9. The summed E-state index contributed by atoms with van der Waals surface area (Å²) in [7, 11) is 0. The van der Waals surface area contributed by atoms with Crippen LogP contribution in [0.25, 0.3) is 11.3 Å². The third kappa shape index (κ3) is 6.13. The number of carbonyl (C=O) groups excluding carboxylic acids is 1. The lowest BCUT2D eigenvalue weighted by Gasteiger charge is -2.42. The number of β-amino-alcohol motifs (C(OH)–C–C–N with tert-alkyl or cyclic N) is 1. The molecule has 1 aromatic heterocycles. The van der Waals surface area contributed by atoms with Crippen molar-refractivity contribution in [1.29, 1.82) is 0 Å². The van der Waals surface area contributed by atoms with E-state index in [1.54, 1.807) is 0 Å². The summed E-state index contributed by atoms with van der Waals surface area (Å²) in [5, 5.41) is 14.8. The van der Waals surface area contributed by atoms with Crippen LogP contribution in [0, 0.1) is 5.41 Å². The summed E-state index contributed by atoms with van der Waals surface area (Å²) < 4.78 is 2.18. The summed E-state index contributed by atoms with van der Waals surface area (Å²) in [6.07, 6.45) is 2.68. The van der Waals surface area contributed by atoms with Gasteiger partial charge in [-0.15, -0.1) is 0 Å². The Morgan fingerprint density at radius 1 is 1.00 bits per heavy atom. The van der Waals surface area contributed by atoms with Crippen LogP contribution in [0.1, 0.15) is 55.0 Å². The van der Waals surface area contributed by atoms with E-state index in [1.807, 2.05) is 71.6 Å². The van der Waals surface area contributed by atoms with Crippen LogP contribution in [-0.4, -0.2) is 50.7 Å². The molecule has 202 valence electrons. The molecular weight excluding hydrogens is 484 g/mol. The molecule has 6 heteroatoms. The summed E-state index contributed by atoms with van der Waals surface area (Å²) in [5.74, 6) is 0.704. The molecule has 3 aromatic carbocycles. The number of nitrogens with one attached hydrogen (secondary N) is 1. The van der Waals surface area contributed by atoms with E-state index < -0.39 is 11.6 Å². The highest BCUT2D eigenvalue weighted by Crippen LogP contribution is 2.41. The Labute approximate surface area is 231 Å². The van der Waals surface area contributed by atoms with Crippen molar-refractivity contribution in [1.82, 2.24) is 19.8 Å². The lowest BCUT2D eigenvalue weighted by molar-refractivity contribution is -0.0102. The van der Waals surface area contributed by atoms with E-state index in [-0.39, 0.29) is 17.9 Å². The number of aliphatic hydroxyl groups is 1. The van der Waals surface area contributed by atoms with Crippen molar-refractivity contribution < 1.29 is 9.90 Å². The number of aromatic nitrogens is 2. The Bertz CT molecular complexity index is 1370. The zero-order valence-corrected chi connectivity index (χ0v) is 23.0. The van der Waals surface area contributed by atoms with E-state index in [2.05, 4.69) is 61.1 Å². The number of hydrogen-bond donors (Lipinski definition) is 2. The van der Waals surface area contributed by atoms with Crippen molar-refractivity contribution in [2.75, 3.05) is 19.6 Å². The highest BCUT2D eigenvalue weighted by atomic mass is 16.3. The first-order chi connectivity index (χ1) is 18.7. The van der Waals surface area contributed by atoms with E-state index in [9.17, 15) is 9.90 Å². The van der Waals surface area contributed by atoms with Crippen LogP contribution in [0.3, 0.4) is 0 Å². The van der Waals surface area contributed by atoms with Crippen LogP contribution in [0.2, 0.25) is 0 Å². The van der Waals surface area contributed by atoms with Gasteiger partial charge in [-0.05, 0) is 36.1 Å². The van der Waals surface area contributed by atoms with Crippen molar-refractivity contribution in [3.8, 4) is 11.3 Å². The molecule has 0 aliphatic carbocycles. The maximum absolute atomic E-state index is 14.2. The zero-order chi connectivity index (χ0) is 27.5. The van der Waals surface area contributed by atoms with Gasteiger partial charge in [-0.2, -0.15) is 0 Å².